The van der Waals surface area contributed by atoms with Gasteiger partial charge in [-0.2, -0.15) is 4.98 Å². The summed E-state index contributed by atoms with van der Waals surface area (Å²) in [6, 6.07) is 2.43. The SMILES string of the molecule is CCNc1nccc(N(C)C(C)CC)n1. The summed E-state index contributed by atoms with van der Waals surface area (Å²) in [5.74, 6) is 1.67. The Morgan fingerprint density at radius 3 is 2.80 bits per heavy atom. The van der Waals surface area contributed by atoms with Gasteiger partial charge in [-0.05, 0) is 26.3 Å². The van der Waals surface area contributed by atoms with Gasteiger partial charge in [-0.1, -0.05) is 6.92 Å². The molecule has 0 spiro atoms. The van der Waals surface area contributed by atoms with Gasteiger partial charge >= 0.3 is 0 Å². The second-order valence-electron chi connectivity index (χ2n) is 3.64. The van der Waals surface area contributed by atoms with Crippen molar-refractivity contribution >= 4 is 11.8 Å². The van der Waals surface area contributed by atoms with Gasteiger partial charge < -0.3 is 10.2 Å². The number of rotatable bonds is 5. The molecule has 0 amide bonds. The van der Waals surface area contributed by atoms with Gasteiger partial charge in [0.25, 0.3) is 0 Å². The Kier molecular flexibility index (Phi) is 4.34. The second-order valence-corrected chi connectivity index (χ2v) is 3.64. The lowest BCUT2D eigenvalue weighted by Gasteiger charge is -2.24. The summed E-state index contributed by atoms with van der Waals surface area (Å²) in [4.78, 5) is 10.8. The predicted molar refractivity (Wildman–Crippen MR) is 64.4 cm³/mol. The van der Waals surface area contributed by atoms with Gasteiger partial charge in [0, 0.05) is 25.8 Å². The Morgan fingerprint density at radius 2 is 2.20 bits per heavy atom. The maximum absolute atomic E-state index is 4.44. The van der Waals surface area contributed by atoms with E-state index in [1.165, 1.54) is 0 Å². The van der Waals surface area contributed by atoms with E-state index in [0.29, 0.717) is 12.0 Å². The number of hydrogen-bond acceptors (Lipinski definition) is 4. The summed E-state index contributed by atoms with van der Waals surface area (Å²) in [6.07, 6.45) is 2.90. The molecule has 1 unspecified atom stereocenters. The fourth-order valence-electron chi connectivity index (χ4n) is 1.29. The molecular formula is C11H20N4. The largest absolute Gasteiger partial charge is 0.357 e. The van der Waals surface area contributed by atoms with Crippen molar-refractivity contribution in [2.75, 3.05) is 23.8 Å². The molecule has 1 aromatic rings. The van der Waals surface area contributed by atoms with Gasteiger partial charge in [-0.15, -0.1) is 0 Å². The van der Waals surface area contributed by atoms with Crippen LogP contribution in [0.25, 0.3) is 0 Å². The van der Waals surface area contributed by atoms with Crippen molar-refractivity contribution in [3.63, 3.8) is 0 Å². The molecule has 0 aromatic carbocycles. The minimum absolute atomic E-state index is 0.495. The maximum atomic E-state index is 4.44. The lowest BCUT2D eigenvalue weighted by molar-refractivity contribution is 0.656. The summed E-state index contributed by atoms with van der Waals surface area (Å²) in [7, 11) is 2.06. The molecule has 0 saturated carbocycles. The normalized spacial score (nSPS) is 12.3. The van der Waals surface area contributed by atoms with Crippen LogP contribution in [0.1, 0.15) is 27.2 Å². The summed E-state index contributed by atoms with van der Waals surface area (Å²) < 4.78 is 0. The molecule has 0 saturated heterocycles. The lowest BCUT2D eigenvalue weighted by atomic mass is 10.2. The Labute approximate surface area is 91.7 Å². The van der Waals surface area contributed by atoms with Gasteiger partial charge in [-0.25, -0.2) is 4.98 Å². The minimum atomic E-state index is 0.495. The van der Waals surface area contributed by atoms with Gasteiger partial charge in [0.15, 0.2) is 0 Å². The summed E-state index contributed by atoms with van der Waals surface area (Å²) in [5.41, 5.74) is 0. The highest BCUT2D eigenvalue weighted by atomic mass is 15.2. The van der Waals surface area contributed by atoms with E-state index in [-0.39, 0.29) is 0 Å². The molecule has 0 bridgehead atoms. The highest BCUT2D eigenvalue weighted by Crippen LogP contribution is 2.14. The smallest absolute Gasteiger partial charge is 0.224 e. The molecule has 84 valence electrons. The molecule has 0 aliphatic carbocycles. The molecule has 0 aliphatic rings. The molecule has 0 fully saturated rings. The number of nitrogens with zero attached hydrogens (tertiary/aromatic N) is 3. The van der Waals surface area contributed by atoms with Crippen LogP contribution >= 0.6 is 0 Å². The fourth-order valence-corrected chi connectivity index (χ4v) is 1.29. The van der Waals surface area contributed by atoms with Crippen molar-refractivity contribution in [3.05, 3.63) is 12.3 Å². The number of aromatic nitrogens is 2. The number of hydrogen-bond donors (Lipinski definition) is 1. The highest BCUT2D eigenvalue weighted by Gasteiger charge is 2.09. The average molecular weight is 208 g/mol. The van der Waals surface area contributed by atoms with Crippen LogP contribution in [0.2, 0.25) is 0 Å². The molecule has 1 aromatic heterocycles. The van der Waals surface area contributed by atoms with E-state index in [4.69, 9.17) is 0 Å². The first-order chi connectivity index (χ1) is 7.19. The summed E-state index contributed by atoms with van der Waals surface area (Å²) >= 11 is 0. The van der Waals surface area contributed by atoms with E-state index in [2.05, 4.69) is 41.1 Å². The first-order valence-corrected chi connectivity index (χ1v) is 5.48. The zero-order valence-corrected chi connectivity index (χ0v) is 9.99. The van der Waals surface area contributed by atoms with Crippen LogP contribution in [0.15, 0.2) is 12.3 Å². The Balaban J connectivity index is 2.80. The maximum Gasteiger partial charge on any atom is 0.224 e. The van der Waals surface area contributed by atoms with Crippen molar-refractivity contribution < 1.29 is 0 Å². The molecule has 1 N–H and O–H groups in total. The third kappa shape index (κ3) is 3.08. The van der Waals surface area contributed by atoms with Crippen molar-refractivity contribution in [1.29, 1.82) is 0 Å². The lowest BCUT2D eigenvalue weighted by Crippen LogP contribution is -2.29. The predicted octanol–water partition coefficient (Wildman–Crippen LogP) is 2.14. The third-order valence-electron chi connectivity index (χ3n) is 2.59. The van der Waals surface area contributed by atoms with E-state index in [0.717, 1.165) is 18.8 Å². The standard InChI is InChI=1S/C11H20N4/c1-5-9(3)15(4)10-7-8-13-11(14-10)12-6-2/h7-9H,5-6H2,1-4H3,(H,12,13,14). The van der Waals surface area contributed by atoms with E-state index < -0.39 is 0 Å². The monoisotopic (exact) mass is 208 g/mol. The van der Waals surface area contributed by atoms with E-state index in [1.54, 1.807) is 6.20 Å². The van der Waals surface area contributed by atoms with Crippen LogP contribution < -0.4 is 10.2 Å². The quantitative estimate of drug-likeness (QED) is 0.805. The molecule has 1 rings (SSSR count). The number of anilines is 2. The van der Waals surface area contributed by atoms with Crippen molar-refractivity contribution in [2.24, 2.45) is 0 Å². The fraction of sp³-hybridized carbons (Fsp3) is 0.636. The van der Waals surface area contributed by atoms with Crippen LogP contribution in [0, 0.1) is 0 Å². The molecule has 0 radical (unpaired) electrons. The van der Waals surface area contributed by atoms with E-state index >= 15 is 0 Å². The van der Waals surface area contributed by atoms with Crippen LogP contribution in [-0.2, 0) is 0 Å². The third-order valence-corrected chi connectivity index (χ3v) is 2.59. The first kappa shape index (κ1) is 11.8. The van der Waals surface area contributed by atoms with Gasteiger partial charge in [0.2, 0.25) is 5.95 Å². The molecular weight excluding hydrogens is 188 g/mol. The van der Waals surface area contributed by atoms with Gasteiger partial charge in [-0.3, -0.25) is 0 Å². The summed E-state index contributed by atoms with van der Waals surface area (Å²) in [6.45, 7) is 7.24. The highest BCUT2D eigenvalue weighted by molar-refractivity contribution is 5.42. The Bertz CT molecular complexity index is 300. The second kappa shape index (κ2) is 5.53. The van der Waals surface area contributed by atoms with Gasteiger partial charge in [0.1, 0.15) is 5.82 Å². The minimum Gasteiger partial charge on any atom is -0.357 e. The molecule has 4 nitrogen and oxygen atoms in total. The zero-order valence-electron chi connectivity index (χ0n) is 9.99. The topological polar surface area (TPSA) is 41.1 Å². The molecule has 15 heavy (non-hydrogen) atoms. The molecule has 1 atom stereocenters. The van der Waals surface area contributed by atoms with Crippen molar-refractivity contribution in [1.82, 2.24) is 9.97 Å². The van der Waals surface area contributed by atoms with Crippen molar-refractivity contribution in [3.8, 4) is 0 Å². The van der Waals surface area contributed by atoms with Crippen LogP contribution in [0.5, 0.6) is 0 Å². The van der Waals surface area contributed by atoms with E-state index in [1.807, 2.05) is 13.0 Å². The Hall–Kier alpha value is -1.32. The van der Waals surface area contributed by atoms with Crippen molar-refractivity contribution in [2.45, 2.75) is 33.2 Å². The average Bonchev–Trinajstić information content (AvgIpc) is 2.28. The number of nitrogens with one attached hydrogen (secondary N) is 1. The van der Waals surface area contributed by atoms with Gasteiger partial charge in [0.05, 0.1) is 0 Å². The Morgan fingerprint density at radius 1 is 1.47 bits per heavy atom. The molecule has 4 heteroatoms. The van der Waals surface area contributed by atoms with Crippen LogP contribution in [0.3, 0.4) is 0 Å². The molecule has 1 heterocycles. The van der Waals surface area contributed by atoms with Crippen LogP contribution in [0.4, 0.5) is 11.8 Å². The van der Waals surface area contributed by atoms with E-state index in [9.17, 15) is 0 Å². The first-order valence-electron chi connectivity index (χ1n) is 5.48. The summed E-state index contributed by atoms with van der Waals surface area (Å²) in [5, 5.41) is 3.11. The van der Waals surface area contributed by atoms with Crippen LogP contribution in [-0.4, -0.2) is 29.6 Å². The zero-order chi connectivity index (χ0) is 11.3. The molecule has 0 aliphatic heterocycles.